The summed E-state index contributed by atoms with van der Waals surface area (Å²) in [6.07, 6.45) is 8.76. The van der Waals surface area contributed by atoms with Crippen molar-refractivity contribution in [3.05, 3.63) is 71.4 Å². The van der Waals surface area contributed by atoms with Gasteiger partial charge in [0.2, 0.25) is 0 Å². The van der Waals surface area contributed by atoms with Crippen LogP contribution in [0.5, 0.6) is 0 Å². The molecule has 0 spiro atoms. The molecule has 0 unspecified atom stereocenters. The van der Waals surface area contributed by atoms with E-state index in [2.05, 4.69) is 90.3 Å². The minimum Gasteiger partial charge on any atom is -0.343 e. The Bertz CT molecular complexity index is 886. The first-order chi connectivity index (χ1) is 15.2. The van der Waals surface area contributed by atoms with Crippen molar-refractivity contribution < 1.29 is 0 Å². The Morgan fingerprint density at radius 3 is 2.23 bits per heavy atom. The third-order valence-corrected chi connectivity index (χ3v) is 6.14. The zero-order valence-electron chi connectivity index (χ0n) is 19.9. The summed E-state index contributed by atoms with van der Waals surface area (Å²) in [5.41, 5.74) is 5.39. The van der Waals surface area contributed by atoms with Gasteiger partial charge >= 0.3 is 0 Å². The first-order valence-corrected chi connectivity index (χ1v) is 12.3. The van der Waals surface area contributed by atoms with E-state index in [1.807, 2.05) is 0 Å². The second kappa shape index (κ2) is 12.7. The number of para-hydroxylation sites is 1. The van der Waals surface area contributed by atoms with E-state index in [1.165, 1.54) is 79.3 Å². The summed E-state index contributed by atoms with van der Waals surface area (Å²) in [6, 6.07) is 17.7. The van der Waals surface area contributed by atoms with Crippen LogP contribution in [-0.4, -0.2) is 35.6 Å². The molecule has 1 N–H and O–H groups in total. The maximum atomic E-state index is 3.71. The highest BCUT2D eigenvalue weighted by Gasteiger charge is 2.09. The molecule has 3 aromatic rings. The number of benzene rings is 2. The van der Waals surface area contributed by atoms with Gasteiger partial charge in [0, 0.05) is 30.2 Å². The first-order valence-electron chi connectivity index (χ1n) is 12.3. The largest absolute Gasteiger partial charge is 0.343 e. The zero-order chi connectivity index (χ0) is 21.9. The zero-order valence-corrected chi connectivity index (χ0v) is 19.9. The van der Waals surface area contributed by atoms with Crippen LogP contribution in [0.2, 0.25) is 0 Å². The summed E-state index contributed by atoms with van der Waals surface area (Å²) >= 11 is 0. The predicted molar refractivity (Wildman–Crippen MR) is 135 cm³/mol. The average molecular weight is 420 g/mol. The summed E-state index contributed by atoms with van der Waals surface area (Å²) < 4.78 is 2.40. The molecule has 168 valence electrons. The Balaban J connectivity index is 1.55. The van der Waals surface area contributed by atoms with Crippen molar-refractivity contribution in [3.8, 4) is 0 Å². The summed E-state index contributed by atoms with van der Waals surface area (Å²) in [4.78, 5) is 2.65. The van der Waals surface area contributed by atoms with E-state index in [0.29, 0.717) is 0 Å². The second-order valence-electron chi connectivity index (χ2n) is 8.86. The number of nitrogens with one attached hydrogen (secondary N) is 1. The van der Waals surface area contributed by atoms with Gasteiger partial charge in [-0.15, -0.1) is 0 Å². The van der Waals surface area contributed by atoms with E-state index >= 15 is 0 Å². The first kappa shape index (κ1) is 23.6. The number of aryl methyl sites for hydroxylation is 1. The van der Waals surface area contributed by atoms with Gasteiger partial charge in [0.25, 0.3) is 0 Å². The highest BCUT2D eigenvalue weighted by Crippen LogP contribution is 2.22. The fraction of sp³-hybridized carbons (Fsp3) is 0.500. The maximum Gasteiger partial charge on any atom is 0.0486 e. The number of rotatable bonds is 14. The molecular weight excluding hydrogens is 378 g/mol. The highest BCUT2D eigenvalue weighted by atomic mass is 15.1. The lowest BCUT2D eigenvalue weighted by Gasteiger charge is -2.21. The molecule has 0 fully saturated rings. The van der Waals surface area contributed by atoms with Gasteiger partial charge in [-0.05, 0) is 69.6 Å². The van der Waals surface area contributed by atoms with Crippen LogP contribution in [0.3, 0.4) is 0 Å². The molecule has 0 atom stereocenters. The Labute approximate surface area is 189 Å². The van der Waals surface area contributed by atoms with Gasteiger partial charge in [0.1, 0.15) is 0 Å². The van der Waals surface area contributed by atoms with Crippen LogP contribution < -0.4 is 5.32 Å². The Hall–Kier alpha value is -2.10. The van der Waals surface area contributed by atoms with Crippen molar-refractivity contribution in [2.24, 2.45) is 0 Å². The summed E-state index contributed by atoms with van der Waals surface area (Å²) in [7, 11) is 0. The Morgan fingerprint density at radius 2 is 1.52 bits per heavy atom. The lowest BCUT2D eigenvalue weighted by Crippen LogP contribution is -2.29. The monoisotopic (exact) mass is 419 g/mol. The smallest absolute Gasteiger partial charge is 0.0486 e. The van der Waals surface area contributed by atoms with E-state index < -0.39 is 0 Å². The topological polar surface area (TPSA) is 20.2 Å². The van der Waals surface area contributed by atoms with Crippen molar-refractivity contribution >= 4 is 10.9 Å². The van der Waals surface area contributed by atoms with Crippen molar-refractivity contribution in [2.45, 2.75) is 66.0 Å². The minimum absolute atomic E-state index is 0.921. The minimum atomic E-state index is 0.921. The summed E-state index contributed by atoms with van der Waals surface area (Å²) in [5.74, 6) is 0. The van der Waals surface area contributed by atoms with Crippen LogP contribution in [0.4, 0.5) is 0 Å². The molecule has 2 aromatic carbocycles. The highest BCUT2D eigenvalue weighted by molar-refractivity contribution is 5.84. The molecule has 3 heteroatoms. The van der Waals surface area contributed by atoms with Crippen molar-refractivity contribution in [2.75, 3.05) is 26.2 Å². The number of fused-ring (bicyclic) bond motifs is 1. The van der Waals surface area contributed by atoms with Crippen LogP contribution in [0.25, 0.3) is 10.9 Å². The van der Waals surface area contributed by atoms with Gasteiger partial charge in [-0.25, -0.2) is 0 Å². The van der Waals surface area contributed by atoms with Gasteiger partial charge in [0.05, 0.1) is 0 Å². The van der Waals surface area contributed by atoms with Gasteiger partial charge in [-0.2, -0.15) is 0 Å². The predicted octanol–water partition coefficient (Wildman–Crippen LogP) is 6.38. The number of hydrogen-bond acceptors (Lipinski definition) is 2. The quantitative estimate of drug-likeness (QED) is 0.306. The number of unbranched alkanes of at least 4 members (excludes halogenated alkanes) is 2. The lowest BCUT2D eigenvalue weighted by molar-refractivity contribution is 0.261. The molecular formula is C28H41N3. The van der Waals surface area contributed by atoms with Crippen molar-refractivity contribution in [1.29, 1.82) is 0 Å². The molecule has 0 aliphatic rings. The third kappa shape index (κ3) is 7.22. The van der Waals surface area contributed by atoms with Crippen molar-refractivity contribution in [3.63, 3.8) is 0 Å². The van der Waals surface area contributed by atoms with Gasteiger partial charge in [-0.3, -0.25) is 0 Å². The van der Waals surface area contributed by atoms with Crippen LogP contribution in [-0.2, 0) is 13.1 Å². The Kier molecular flexibility index (Phi) is 9.64. The van der Waals surface area contributed by atoms with Gasteiger partial charge < -0.3 is 14.8 Å². The molecule has 3 rings (SSSR count). The molecule has 0 saturated carbocycles. The van der Waals surface area contributed by atoms with Crippen LogP contribution in [0, 0.1) is 6.92 Å². The van der Waals surface area contributed by atoms with Crippen LogP contribution in [0.1, 0.15) is 62.6 Å². The molecule has 0 radical (unpaired) electrons. The van der Waals surface area contributed by atoms with E-state index in [1.54, 1.807) is 0 Å². The Morgan fingerprint density at radius 1 is 0.839 bits per heavy atom. The molecule has 0 aliphatic heterocycles. The molecule has 1 heterocycles. The lowest BCUT2D eigenvalue weighted by atomic mass is 10.1. The van der Waals surface area contributed by atoms with E-state index in [9.17, 15) is 0 Å². The summed E-state index contributed by atoms with van der Waals surface area (Å²) in [6.45, 7) is 13.4. The molecule has 0 aliphatic carbocycles. The molecule has 0 saturated heterocycles. The molecule has 31 heavy (non-hydrogen) atoms. The fourth-order valence-corrected chi connectivity index (χ4v) is 4.23. The fourth-order valence-electron chi connectivity index (χ4n) is 4.23. The van der Waals surface area contributed by atoms with Gasteiger partial charge in [-0.1, -0.05) is 74.7 Å². The average Bonchev–Trinajstić information content (AvgIpc) is 3.14. The van der Waals surface area contributed by atoms with Gasteiger partial charge in [0.15, 0.2) is 0 Å². The second-order valence-corrected chi connectivity index (χ2v) is 8.86. The third-order valence-electron chi connectivity index (χ3n) is 6.14. The molecule has 3 nitrogen and oxygen atoms in total. The van der Waals surface area contributed by atoms with Crippen LogP contribution in [0.15, 0.2) is 54.7 Å². The number of aromatic nitrogens is 1. The van der Waals surface area contributed by atoms with E-state index in [0.717, 1.165) is 19.6 Å². The number of hydrogen-bond donors (Lipinski definition) is 1. The normalized spacial score (nSPS) is 11.6. The van der Waals surface area contributed by atoms with E-state index in [-0.39, 0.29) is 0 Å². The SMILES string of the molecule is CCCCN(CCCC)CCCNCc1cn(Cc2ccc(C)cc2)c2ccccc12. The van der Waals surface area contributed by atoms with E-state index in [4.69, 9.17) is 0 Å². The standard InChI is InChI=1S/C28H41N3/c1-4-6-18-30(19-7-5-2)20-10-17-29-21-26-23-31(28-12-9-8-11-27(26)28)22-25-15-13-24(3)14-16-25/h8-9,11-16,23,29H,4-7,10,17-22H2,1-3H3. The molecule has 1 aromatic heterocycles. The number of nitrogens with zero attached hydrogens (tertiary/aromatic N) is 2. The molecule has 0 bridgehead atoms. The summed E-state index contributed by atoms with van der Waals surface area (Å²) in [5, 5.41) is 5.08. The van der Waals surface area contributed by atoms with Crippen LogP contribution >= 0.6 is 0 Å². The molecule has 0 amide bonds. The maximum absolute atomic E-state index is 3.71. The van der Waals surface area contributed by atoms with Crippen molar-refractivity contribution in [1.82, 2.24) is 14.8 Å².